The van der Waals surface area contributed by atoms with Crippen LogP contribution in [0.4, 0.5) is 0 Å². The van der Waals surface area contributed by atoms with Crippen LogP contribution in [-0.4, -0.2) is 37.5 Å². The van der Waals surface area contributed by atoms with Crippen molar-refractivity contribution in [1.82, 2.24) is 10.2 Å². The van der Waals surface area contributed by atoms with Crippen LogP contribution in [0.2, 0.25) is 0 Å². The summed E-state index contributed by atoms with van der Waals surface area (Å²) in [7, 11) is 0. The zero-order valence-electron chi connectivity index (χ0n) is 7.75. The molecule has 0 aromatic carbocycles. The number of hydrogen-bond acceptors (Lipinski definition) is 2. The van der Waals surface area contributed by atoms with Gasteiger partial charge in [0.25, 0.3) is 0 Å². The highest BCUT2D eigenvalue weighted by molar-refractivity contribution is 5.45. The van der Waals surface area contributed by atoms with Gasteiger partial charge in [-0.25, -0.2) is 0 Å². The molecule has 1 saturated heterocycles. The van der Waals surface area contributed by atoms with Crippen molar-refractivity contribution in [1.29, 1.82) is 0 Å². The van der Waals surface area contributed by atoms with Gasteiger partial charge in [-0.1, -0.05) is 6.92 Å². The molecule has 0 saturated carbocycles. The summed E-state index contributed by atoms with van der Waals surface area (Å²) in [4.78, 5) is 12.4. The van der Waals surface area contributed by atoms with Gasteiger partial charge >= 0.3 is 0 Å². The molecule has 70 valence electrons. The van der Waals surface area contributed by atoms with Gasteiger partial charge in [-0.3, -0.25) is 4.79 Å². The molecule has 1 amide bonds. The molecule has 1 heterocycles. The minimum atomic E-state index is 0.771. The molecule has 3 heteroatoms. The van der Waals surface area contributed by atoms with E-state index in [0.717, 1.165) is 25.4 Å². The third-order valence-corrected chi connectivity index (χ3v) is 2.40. The van der Waals surface area contributed by atoms with Crippen molar-refractivity contribution in [2.45, 2.75) is 19.8 Å². The largest absolute Gasteiger partial charge is 0.357 e. The second-order valence-electron chi connectivity index (χ2n) is 3.62. The van der Waals surface area contributed by atoms with Crippen molar-refractivity contribution in [3.8, 4) is 0 Å². The third kappa shape index (κ3) is 3.22. The zero-order valence-corrected chi connectivity index (χ0v) is 7.75. The van der Waals surface area contributed by atoms with Crippen molar-refractivity contribution < 1.29 is 4.79 Å². The van der Waals surface area contributed by atoms with E-state index in [0.29, 0.717) is 0 Å². The molecule has 1 N–H and O–H groups in total. The van der Waals surface area contributed by atoms with E-state index in [1.54, 1.807) is 0 Å². The average molecular weight is 170 g/mol. The molecule has 0 aromatic rings. The summed E-state index contributed by atoms with van der Waals surface area (Å²) in [6, 6.07) is 0. The standard InChI is InChI=1S/C9H18N2O/c1-9-3-2-5-11(7-9)6-4-10-8-12/h8-9H,2-7H2,1H3,(H,10,12). The molecule has 3 nitrogen and oxygen atoms in total. The van der Waals surface area contributed by atoms with Crippen LogP contribution in [0, 0.1) is 5.92 Å². The van der Waals surface area contributed by atoms with E-state index in [-0.39, 0.29) is 0 Å². The van der Waals surface area contributed by atoms with Crippen molar-refractivity contribution in [2.24, 2.45) is 5.92 Å². The lowest BCUT2D eigenvalue weighted by Gasteiger charge is -2.30. The average Bonchev–Trinajstić information content (AvgIpc) is 2.05. The molecular weight excluding hydrogens is 152 g/mol. The molecule has 0 radical (unpaired) electrons. The van der Waals surface area contributed by atoms with Gasteiger partial charge in [0.15, 0.2) is 0 Å². The summed E-state index contributed by atoms with van der Waals surface area (Å²) in [5.74, 6) is 0.829. The lowest BCUT2D eigenvalue weighted by atomic mass is 10.0. The Kier molecular flexibility index (Phi) is 4.08. The molecule has 1 atom stereocenters. The number of carbonyl (C=O) groups is 1. The van der Waals surface area contributed by atoms with Crippen molar-refractivity contribution in [2.75, 3.05) is 26.2 Å². The van der Waals surface area contributed by atoms with Gasteiger partial charge in [0.05, 0.1) is 0 Å². The Morgan fingerprint density at radius 1 is 1.67 bits per heavy atom. The van der Waals surface area contributed by atoms with E-state index in [1.807, 2.05) is 0 Å². The number of hydrogen-bond donors (Lipinski definition) is 1. The van der Waals surface area contributed by atoms with E-state index >= 15 is 0 Å². The number of rotatable bonds is 4. The number of nitrogens with zero attached hydrogens (tertiary/aromatic N) is 1. The fourth-order valence-corrected chi connectivity index (χ4v) is 1.77. The number of carbonyl (C=O) groups excluding carboxylic acids is 1. The number of nitrogens with one attached hydrogen (secondary N) is 1. The van der Waals surface area contributed by atoms with E-state index < -0.39 is 0 Å². The van der Waals surface area contributed by atoms with Crippen LogP contribution in [0.5, 0.6) is 0 Å². The molecule has 0 aliphatic carbocycles. The first-order chi connectivity index (χ1) is 5.83. The summed E-state index contributed by atoms with van der Waals surface area (Å²) in [5, 5.41) is 2.69. The highest BCUT2D eigenvalue weighted by Crippen LogP contribution is 2.14. The molecule has 1 aliphatic rings. The minimum absolute atomic E-state index is 0.771. The smallest absolute Gasteiger partial charge is 0.207 e. The van der Waals surface area contributed by atoms with Gasteiger partial charge in [-0.05, 0) is 25.3 Å². The van der Waals surface area contributed by atoms with Gasteiger partial charge in [0, 0.05) is 19.6 Å². The maximum atomic E-state index is 9.98. The second kappa shape index (κ2) is 5.14. The van der Waals surface area contributed by atoms with Gasteiger partial charge in [-0.2, -0.15) is 0 Å². The topological polar surface area (TPSA) is 32.3 Å². The maximum Gasteiger partial charge on any atom is 0.207 e. The first-order valence-electron chi connectivity index (χ1n) is 4.72. The molecule has 0 bridgehead atoms. The molecule has 1 rings (SSSR count). The number of piperidine rings is 1. The molecule has 1 unspecified atom stereocenters. The Labute approximate surface area is 74.1 Å². The lowest BCUT2D eigenvalue weighted by molar-refractivity contribution is -0.109. The highest BCUT2D eigenvalue weighted by atomic mass is 16.1. The number of likely N-dealkylation sites (tertiary alicyclic amines) is 1. The molecule has 0 aromatic heterocycles. The fraction of sp³-hybridized carbons (Fsp3) is 0.889. The monoisotopic (exact) mass is 170 g/mol. The first-order valence-corrected chi connectivity index (χ1v) is 4.72. The lowest BCUT2D eigenvalue weighted by Crippen LogP contribution is -2.38. The van der Waals surface area contributed by atoms with Crippen molar-refractivity contribution in [3.05, 3.63) is 0 Å². The van der Waals surface area contributed by atoms with Crippen LogP contribution < -0.4 is 5.32 Å². The summed E-state index contributed by atoms with van der Waals surface area (Å²) in [5.41, 5.74) is 0. The quantitative estimate of drug-likeness (QED) is 0.491. The van der Waals surface area contributed by atoms with Gasteiger partial charge in [-0.15, -0.1) is 0 Å². The predicted molar refractivity (Wildman–Crippen MR) is 48.9 cm³/mol. The molecular formula is C9H18N2O. The summed E-state index contributed by atoms with van der Waals surface area (Å²) in [6.07, 6.45) is 3.44. The van der Waals surface area contributed by atoms with Crippen LogP contribution in [0.3, 0.4) is 0 Å². The Morgan fingerprint density at radius 3 is 3.17 bits per heavy atom. The fourth-order valence-electron chi connectivity index (χ4n) is 1.77. The minimum Gasteiger partial charge on any atom is -0.357 e. The summed E-state index contributed by atoms with van der Waals surface area (Å²) >= 11 is 0. The highest BCUT2D eigenvalue weighted by Gasteiger charge is 2.14. The van der Waals surface area contributed by atoms with Gasteiger partial charge in [0.2, 0.25) is 6.41 Å². The molecule has 1 fully saturated rings. The molecule has 12 heavy (non-hydrogen) atoms. The van der Waals surface area contributed by atoms with Crippen LogP contribution >= 0.6 is 0 Å². The van der Waals surface area contributed by atoms with Crippen molar-refractivity contribution in [3.63, 3.8) is 0 Å². The first kappa shape index (κ1) is 9.52. The Morgan fingerprint density at radius 2 is 2.50 bits per heavy atom. The maximum absolute atomic E-state index is 9.98. The summed E-state index contributed by atoms with van der Waals surface area (Å²) in [6.45, 7) is 6.48. The van der Waals surface area contributed by atoms with Crippen LogP contribution in [-0.2, 0) is 4.79 Å². The van der Waals surface area contributed by atoms with E-state index in [1.165, 1.54) is 25.9 Å². The number of amides is 1. The Balaban J connectivity index is 2.09. The van der Waals surface area contributed by atoms with Crippen LogP contribution in [0.15, 0.2) is 0 Å². The van der Waals surface area contributed by atoms with Crippen molar-refractivity contribution >= 4 is 6.41 Å². The van der Waals surface area contributed by atoms with E-state index in [9.17, 15) is 4.79 Å². The predicted octanol–water partition coefficient (Wildman–Crippen LogP) is 0.464. The van der Waals surface area contributed by atoms with E-state index in [2.05, 4.69) is 17.1 Å². The van der Waals surface area contributed by atoms with Crippen LogP contribution in [0.1, 0.15) is 19.8 Å². The Hall–Kier alpha value is -0.570. The Bertz CT molecular complexity index is 138. The van der Waals surface area contributed by atoms with Gasteiger partial charge < -0.3 is 10.2 Å². The zero-order chi connectivity index (χ0) is 8.81. The normalized spacial score (nSPS) is 25.2. The molecule has 0 spiro atoms. The third-order valence-electron chi connectivity index (χ3n) is 2.40. The van der Waals surface area contributed by atoms with Crippen LogP contribution in [0.25, 0.3) is 0 Å². The summed E-state index contributed by atoms with van der Waals surface area (Å²) < 4.78 is 0. The molecule has 1 aliphatic heterocycles. The van der Waals surface area contributed by atoms with E-state index in [4.69, 9.17) is 0 Å². The second-order valence-corrected chi connectivity index (χ2v) is 3.62. The van der Waals surface area contributed by atoms with Gasteiger partial charge in [0.1, 0.15) is 0 Å². The SMILES string of the molecule is CC1CCCN(CCNC=O)C1.